The summed E-state index contributed by atoms with van der Waals surface area (Å²) < 4.78 is 12.9. The Morgan fingerprint density at radius 1 is 0.787 bits per heavy atom. The van der Waals surface area contributed by atoms with Crippen molar-refractivity contribution in [3.8, 4) is 11.5 Å². The summed E-state index contributed by atoms with van der Waals surface area (Å²) in [5.41, 5.74) is 3.65. The van der Waals surface area contributed by atoms with Gasteiger partial charge in [-0.15, -0.1) is 0 Å². The Labute approximate surface area is 287 Å². The second kappa shape index (κ2) is 20.9. The van der Waals surface area contributed by atoms with Gasteiger partial charge in [0.15, 0.2) is 0 Å². The molecule has 1 aliphatic heterocycles. The number of fused-ring (bicyclic) bond motifs is 1. The zero-order valence-electron chi connectivity index (χ0n) is 31.3. The molecule has 0 aromatic heterocycles. The number of benzene rings is 1. The maximum atomic E-state index is 12.8. The van der Waals surface area contributed by atoms with Gasteiger partial charge in [0, 0.05) is 30.7 Å². The van der Waals surface area contributed by atoms with Crippen LogP contribution in [0, 0.1) is 44.4 Å². The summed E-state index contributed by atoms with van der Waals surface area (Å²) in [5, 5.41) is 8.75. The van der Waals surface area contributed by atoms with Crippen LogP contribution in [0.15, 0.2) is 0 Å². The second-order valence-corrected chi connectivity index (χ2v) is 15.6. The van der Waals surface area contributed by atoms with Crippen molar-refractivity contribution in [2.75, 3.05) is 0 Å². The van der Waals surface area contributed by atoms with Gasteiger partial charge in [-0.25, -0.2) is 0 Å². The maximum Gasteiger partial charge on any atom is 0.311 e. The molecule has 1 N–H and O–H groups in total. The first-order valence-corrected chi connectivity index (χ1v) is 19.0. The van der Waals surface area contributed by atoms with Gasteiger partial charge in [0.05, 0.1) is 0 Å². The molecule has 0 amide bonds. The molecule has 6 nitrogen and oxygen atoms in total. The molecule has 1 aromatic rings. The summed E-state index contributed by atoms with van der Waals surface area (Å²) >= 11 is 0. The Hall–Kier alpha value is -2.37. The van der Waals surface area contributed by atoms with Gasteiger partial charge in [0.1, 0.15) is 23.4 Å². The highest BCUT2D eigenvalue weighted by molar-refractivity contribution is 5.74. The van der Waals surface area contributed by atoms with Gasteiger partial charge in [0.25, 0.3) is 0 Å². The van der Waals surface area contributed by atoms with E-state index in [1.807, 2.05) is 13.8 Å². The molecule has 47 heavy (non-hydrogen) atoms. The summed E-state index contributed by atoms with van der Waals surface area (Å²) in [5.74, 6) is 3.04. The molecule has 1 heterocycles. The number of aldehydes is 1. The van der Waals surface area contributed by atoms with Crippen molar-refractivity contribution in [3.05, 3.63) is 22.3 Å². The Morgan fingerprint density at radius 3 is 1.96 bits per heavy atom. The van der Waals surface area contributed by atoms with Crippen molar-refractivity contribution in [3.63, 3.8) is 0 Å². The number of ether oxygens (including phenoxy) is 2. The Balaban J connectivity index is 1.93. The number of aliphatic carboxylic acids is 1. The van der Waals surface area contributed by atoms with E-state index in [2.05, 4.69) is 41.5 Å². The monoisotopic (exact) mass is 657 g/mol. The van der Waals surface area contributed by atoms with E-state index in [0.29, 0.717) is 30.9 Å². The first-order valence-electron chi connectivity index (χ1n) is 19.0. The summed E-state index contributed by atoms with van der Waals surface area (Å²) in [6, 6.07) is 0. The van der Waals surface area contributed by atoms with Crippen molar-refractivity contribution in [2.45, 2.75) is 183 Å². The lowest BCUT2D eigenvalue weighted by Gasteiger charge is -2.43. The van der Waals surface area contributed by atoms with Crippen LogP contribution in [0.3, 0.4) is 0 Å². The van der Waals surface area contributed by atoms with E-state index in [4.69, 9.17) is 14.6 Å². The van der Waals surface area contributed by atoms with Gasteiger partial charge in [-0.05, 0) is 94.2 Å². The molecule has 0 fully saturated rings. The highest BCUT2D eigenvalue weighted by Gasteiger charge is 2.41. The first kappa shape index (κ1) is 40.8. The lowest BCUT2D eigenvalue weighted by molar-refractivity contribution is -0.137. The molecule has 4 atom stereocenters. The molecule has 6 heteroatoms. The van der Waals surface area contributed by atoms with Crippen molar-refractivity contribution in [2.24, 2.45) is 23.7 Å². The maximum absolute atomic E-state index is 12.8. The van der Waals surface area contributed by atoms with Crippen LogP contribution >= 0.6 is 0 Å². The molecule has 1 unspecified atom stereocenters. The smallest absolute Gasteiger partial charge is 0.311 e. The highest BCUT2D eigenvalue weighted by atomic mass is 16.5. The molecule has 268 valence electrons. The van der Waals surface area contributed by atoms with E-state index < -0.39 is 11.6 Å². The molecule has 0 saturated carbocycles. The van der Waals surface area contributed by atoms with Crippen LogP contribution in [0.5, 0.6) is 11.5 Å². The van der Waals surface area contributed by atoms with Crippen molar-refractivity contribution in [1.29, 1.82) is 0 Å². The Morgan fingerprint density at radius 2 is 1.36 bits per heavy atom. The zero-order valence-corrected chi connectivity index (χ0v) is 31.3. The predicted octanol–water partition coefficient (Wildman–Crippen LogP) is 11.1. The molecule has 1 aromatic carbocycles. The van der Waals surface area contributed by atoms with Gasteiger partial charge >= 0.3 is 11.9 Å². The van der Waals surface area contributed by atoms with Crippen LogP contribution in [0.25, 0.3) is 0 Å². The normalized spacial score (nSPS) is 17.9. The summed E-state index contributed by atoms with van der Waals surface area (Å²) in [6.07, 6.45) is 19.2. The standard InChI is InChI=1S/C41H68O6/c1-29(2)17-15-18-30(3)19-16-20-31(4)23-24-35(26-28-42)41(8)27-25-36-34(7)39(32(5)33(6)40(36)47-41)46-38(45)22-14-12-10-9-11-13-21-37(43)44/h28-31,35H,9-27H2,1-8H3,(H,43,44)/t30-,31-,35?,41+/m1/s1. The topological polar surface area (TPSA) is 89.9 Å². The van der Waals surface area contributed by atoms with E-state index in [-0.39, 0.29) is 18.3 Å². The molecular weight excluding hydrogens is 588 g/mol. The molecular formula is C41H68O6. The number of rotatable bonds is 24. The first-order chi connectivity index (χ1) is 22.3. The number of esters is 1. The van der Waals surface area contributed by atoms with Crippen LogP contribution in [-0.2, 0) is 20.8 Å². The highest BCUT2D eigenvalue weighted by Crippen LogP contribution is 2.47. The SMILES string of the molecule is Cc1c(C)c2c(c(C)c1OC(=O)CCCCCCCCC(=O)O)CC[C@@](C)(C(CC=O)CC[C@H](C)CCC[C@H](C)CCCC(C)C)O2. The van der Waals surface area contributed by atoms with E-state index in [1.165, 1.54) is 38.5 Å². The van der Waals surface area contributed by atoms with Crippen LogP contribution in [0.2, 0.25) is 0 Å². The van der Waals surface area contributed by atoms with Gasteiger partial charge in [-0.2, -0.15) is 0 Å². The summed E-state index contributed by atoms with van der Waals surface area (Å²) in [4.78, 5) is 35.3. The minimum absolute atomic E-state index is 0.167. The van der Waals surface area contributed by atoms with E-state index in [1.54, 1.807) is 0 Å². The van der Waals surface area contributed by atoms with Gasteiger partial charge < -0.3 is 19.4 Å². The van der Waals surface area contributed by atoms with Gasteiger partial charge in [-0.3, -0.25) is 9.59 Å². The second-order valence-electron chi connectivity index (χ2n) is 15.6. The number of hydrogen-bond donors (Lipinski definition) is 1. The quantitative estimate of drug-likeness (QED) is 0.0515. The number of carbonyl (C=O) groups excluding carboxylic acids is 2. The number of hydrogen-bond acceptors (Lipinski definition) is 5. The van der Waals surface area contributed by atoms with Gasteiger partial charge in [-0.1, -0.05) is 98.3 Å². The average Bonchev–Trinajstić information content (AvgIpc) is 3.01. The molecule has 1 aliphatic rings. The molecule has 2 rings (SSSR count). The van der Waals surface area contributed by atoms with Crippen LogP contribution < -0.4 is 9.47 Å². The fourth-order valence-corrected chi connectivity index (χ4v) is 7.36. The molecule has 0 radical (unpaired) electrons. The Kier molecular flexibility index (Phi) is 18.1. The molecule has 0 bridgehead atoms. The number of unbranched alkanes of at least 4 members (excludes halogenated alkanes) is 5. The van der Waals surface area contributed by atoms with Crippen molar-refractivity contribution < 1.29 is 29.0 Å². The van der Waals surface area contributed by atoms with E-state index in [9.17, 15) is 14.4 Å². The minimum atomic E-state index is -0.739. The minimum Gasteiger partial charge on any atom is -0.487 e. The molecule has 0 spiro atoms. The van der Waals surface area contributed by atoms with Crippen LogP contribution in [-0.4, -0.2) is 28.9 Å². The van der Waals surface area contributed by atoms with Crippen molar-refractivity contribution in [1.82, 2.24) is 0 Å². The molecule has 0 saturated heterocycles. The predicted molar refractivity (Wildman–Crippen MR) is 192 cm³/mol. The average molecular weight is 657 g/mol. The van der Waals surface area contributed by atoms with E-state index in [0.717, 1.165) is 104 Å². The lowest BCUT2D eigenvalue weighted by atomic mass is 9.75. The van der Waals surface area contributed by atoms with Crippen LogP contribution in [0.4, 0.5) is 0 Å². The fourth-order valence-electron chi connectivity index (χ4n) is 7.36. The van der Waals surface area contributed by atoms with E-state index >= 15 is 0 Å². The third-order valence-corrected chi connectivity index (χ3v) is 10.9. The fraction of sp³-hybridized carbons (Fsp3) is 0.780. The van der Waals surface area contributed by atoms with Crippen molar-refractivity contribution >= 4 is 18.2 Å². The molecule has 0 aliphatic carbocycles. The van der Waals surface area contributed by atoms with Crippen LogP contribution in [0.1, 0.15) is 172 Å². The number of carbonyl (C=O) groups is 3. The largest absolute Gasteiger partial charge is 0.487 e. The Bertz CT molecular complexity index is 1120. The summed E-state index contributed by atoms with van der Waals surface area (Å²) in [7, 11) is 0. The lowest BCUT2D eigenvalue weighted by Crippen LogP contribution is -2.44. The third kappa shape index (κ3) is 13.9. The van der Waals surface area contributed by atoms with Gasteiger partial charge in [0.2, 0.25) is 0 Å². The number of carboxylic acid groups (broad SMARTS) is 1. The third-order valence-electron chi connectivity index (χ3n) is 10.9. The number of carboxylic acids is 1. The zero-order chi connectivity index (χ0) is 35.0. The summed E-state index contributed by atoms with van der Waals surface area (Å²) in [6.45, 7) is 17.7.